The molecule has 0 bridgehead atoms. The Morgan fingerprint density at radius 3 is 2.75 bits per heavy atom. The second kappa shape index (κ2) is 7.76. The molecule has 0 aromatic carbocycles. The Balaban J connectivity index is 0.00000225. The molecule has 0 spiro atoms. The molecule has 7 heteroatoms. The van der Waals surface area contributed by atoms with Crippen molar-refractivity contribution in [3.8, 4) is 0 Å². The van der Waals surface area contributed by atoms with Gasteiger partial charge in [-0.2, -0.15) is 0 Å². The van der Waals surface area contributed by atoms with Gasteiger partial charge in [0.1, 0.15) is 0 Å². The fraction of sp³-hybridized carbons (Fsp3) is 0.778. The van der Waals surface area contributed by atoms with Crippen LogP contribution in [0.1, 0.15) is 6.92 Å². The van der Waals surface area contributed by atoms with Crippen molar-refractivity contribution < 1.29 is 9.59 Å². The Morgan fingerprint density at radius 2 is 2.19 bits per heavy atom. The first-order valence-corrected chi connectivity index (χ1v) is 6.12. The summed E-state index contributed by atoms with van der Waals surface area (Å²) in [7, 11) is 0. The smallest absolute Gasteiger partial charge is 0.232 e. The number of hydrogen-bond donors (Lipinski definition) is 2. The number of amides is 2. The molecule has 0 aromatic rings. The van der Waals surface area contributed by atoms with Crippen molar-refractivity contribution >= 4 is 36.0 Å². The first-order chi connectivity index (χ1) is 7.09. The van der Waals surface area contributed by atoms with E-state index in [9.17, 15) is 9.59 Å². The van der Waals surface area contributed by atoms with E-state index in [1.54, 1.807) is 0 Å². The number of carbonyl (C=O) groups excluding carboxylic acids is 2. The average molecular weight is 268 g/mol. The molecular formula is C9H18ClN3O2S. The van der Waals surface area contributed by atoms with Gasteiger partial charge in [0.25, 0.3) is 0 Å². The first kappa shape index (κ1) is 15.5. The van der Waals surface area contributed by atoms with Crippen LogP contribution in [0.15, 0.2) is 0 Å². The number of rotatable bonds is 4. The molecule has 1 rings (SSSR count). The summed E-state index contributed by atoms with van der Waals surface area (Å²) in [4.78, 5) is 24.0. The van der Waals surface area contributed by atoms with Crippen LogP contribution in [0.25, 0.3) is 0 Å². The molecule has 1 heterocycles. The molecule has 1 aliphatic rings. The molecular weight excluding hydrogens is 250 g/mol. The van der Waals surface area contributed by atoms with Crippen molar-refractivity contribution in [3.05, 3.63) is 0 Å². The van der Waals surface area contributed by atoms with E-state index in [1.165, 1.54) is 11.8 Å². The molecule has 1 aliphatic heterocycles. The minimum atomic E-state index is -0.374. The maximum Gasteiger partial charge on any atom is 0.232 e. The second-order valence-corrected chi connectivity index (χ2v) is 4.64. The zero-order valence-corrected chi connectivity index (χ0v) is 10.9. The Morgan fingerprint density at radius 1 is 1.50 bits per heavy atom. The molecule has 1 unspecified atom stereocenters. The Bertz CT molecular complexity index is 253. The summed E-state index contributed by atoms with van der Waals surface area (Å²) in [6, 6.07) is 0.351. The highest BCUT2D eigenvalue weighted by atomic mass is 35.5. The van der Waals surface area contributed by atoms with Crippen LogP contribution in [0.4, 0.5) is 0 Å². The Kier molecular flexibility index (Phi) is 7.53. The third-order valence-electron chi connectivity index (χ3n) is 2.19. The van der Waals surface area contributed by atoms with Crippen molar-refractivity contribution in [1.82, 2.24) is 10.2 Å². The summed E-state index contributed by atoms with van der Waals surface area (Å²) in [6.07, 6.45) is 0. The van der Waals surface area contributed by atoms with E-state index in [-0.39, 0.29) is 30.0 Å². The maximum absolute atomic E-state index is 11.7. The monoisotopic (exact) mass is 267 g/mol. The molecule has 0 saturated carbocycles. The van der Waals surface area contributed by atoms with Crippen molar-refractivity contribution in [3.63, 3.8) is 0 Å². The number of thioether (sulfide) groups is 1. The van der Waals surface area contributed by atoms with E-state index in [0.717, 1.165) is 19.6 Å². The van der Waals surface area contributed by atoms with Crippen molar-refractivity contribution in [1.29, 1.82) is 0 Å². The first-order valence-electron chi connectivity index (χ1n) is 4.97. The van der Waals surface area contributed by atoms with Crippen LogP contribution >= 0.6 is 24.2 Å². The largest absolute Gasteiger partial charge is 0.369 e. The third kappa shape index (κ3) is 5.58. The number of carbonyl (C=O) groups is 2. The molecule has 3 N–H and O–H groups in total. The summed E-state index contributed by atoms with van der Waals surface area (Å²) >= 11 is 1.28. The van der Waals surface area contributed by atoms with Gasteiger partial charge in [-0.25, -0.2) is 0 Å². The molecule has 2 amide bonds. The lowest BCUT2D eigenvalue weighted by Crippen LogP contribution is -2.51. The van der Waals surface area contributed by atoms with Gasteiger partial charge in [-0.1, -0.05) is 0 Å². The van der Waals surface area contributed by atoms with Gasteiger partial charge in [-0.3, -0.25) is 9.59 Å². The average Bonchev–Trinajstić information content (AvgIpc) is 2.17. The SMILES string of the molecule is CC1CN(C(=O)CSCC(N)=O)CCN1.Cl. The van der Waals surface area contributed by atoms with Crippen LogP contribution in [0, 0.1) is 0 Å². The number of nitrogens with two attached hydrogens (primary N) is 1. The molecule has 5 nitrogen and oxygen atoms in total. The maximum atomic E-state index is 11.7. The number of piperazine rings is 1. The highest BCUT2D eigenvalue weighted by Crippen LogP contribution is 2.05. The topological polar surface area (TPSA) is 75.4 Å². The molecule has 0 radical (unpaired) electrons. The number of nitrogens with zero attached hydrogens (tertiary/aromatic N) is 1. The number of hydrogen-bond acceptors (Lipinski definition) is 4. The summed E-state index contributed by atoms with van der Waals surface area (Å²) in [5, 5.41) is 3.27. The van der Waals surface area contributed by atoms with Gasteiger partial charge < -0.3 is 16.0 Å². The van der Waals surface area contributed by atoms with Crippen LogP contribution in [0.5, 0.6) is 0 Å². The number of primary amides is 1. The molecule has 0 aromatic heterocycles. The normalized spacial score (nSPS) is 20.1. The van der Waals surface area contributed by atoms with Crippen LogP contribution in [-0.4, -0.2) is 53.9 Å². The van der Waals surface area contributed by atoms with E-state index in [0.29, 0.717) is 11.8 Å². The Labute approximate surface area is 106 Å². The van der Waals surface area contributed by atoms with E-state index in [4.69, 9.17) is 5.73 Å². The van der Waals surface area contributed by atoms with Crippen LogP contribution in [-0.2, 0) is 9.59 Å². The lowest BCUT2D eigenvalue weighted by Gasteiger charge is -2.31. The fourth-order valence-corrected chi connectivity index (χ4v) is 2.15. The Hall–Kier alpha value is -0.460. The predicted octanol–water partition coefficient (Wildman–Crippen LogP) is -0.553. The predicted molar refractivity (Wildman–Crippen MR) is 67.8 cm³/mol. The van der Waals surface area contributed by atoms with E-state index < -0.39 is 0 Å². The highest BCUT2D eigenvalue weighted by molar-refractivity contribution is 8.00. The van der Waals surface area contributed by atoms with E-state index >= 15 is 0 Å². The lowest BCUT2D eigenvalue weighted by molar-refractivity contribution is -0.129. The minimum absolute atomic E-state index is 0. The fourth-order valence-electron chi connectivity index (χ4n) is 1.49. The van der Waals surface area contributed by atoms with Gasteiger partial charge in [0.2, 0.25) is 11.8 Å². The third-order valence-corrected chi connectivity index (χ3v) is 3.13. The van der Waals surface area contributed by atoms with Crippen molar-refractivity contribution in [2.45, 2.75) is 13.0 Å². The van der Waals surface area contributed by atoms with Crippen LogP contribution < -0.4 is 11.1 Å². The molecule has 1 atom stereocenters. The quantitative estimate of drug-likeness (QED) is 0.717. The van der Waals surface area contributed by atoms with Crippen molar-refractivity contribution in [2.24, 2.45) is 5.73 Å². The van der Waals surface area contributed by atoms with Gasteiger partial charge in [0.15, 0.2) is 0 Å². The van der Waals surface area contributed by atoms with Gasteiger partial charge in [0.05, 0.1) is 11.5 Å². The summed E-state index contributed by atoms with van der Waals surface area (Å²) in [5.74, 6) is 0.277. The number of halogens is 1. The van der Waals surface area contributed by atoms with Crippen molar-refractivity contribution in [2.75, 3.05) is 31.1 Å². The van der Waals surface area contributed by atoms with E-state index in [2.05, 4.69) is 12.2 Å². The van der Waals surface area contributed by atoms with Gasteiger partial charge in [0, 0.05) is 25.7 Å². The summed E-state index contributed by atoms with van der Waals surface area (Å²) in [6.45, 7) is 4.39. The minimum Gasteiger partial charge on any atom is -0.369 e. The van der Waals surface area contributed by atoms with Gasteiger partial charge >= 0.3 is 0 Å². The van der Waals surface area contributed by atoms with Gasteiger partial charge in [-0.15, -0.1) is 24.2 Å². The standard InChI is InChI=1S/C9H17N3O2S.ClH/c1-7-4-12(3-2-11-7)9(14)6-15-5-8(10)13;/h7,11H,2-6H2,1H3,(H2,10,13);1H. The summed E-state index contributed by atoms with van der Waals surface area (Å²) < 4.78 is 0. The molecule has 94 valence electrons. The molecule has 0 aliphatic carbocycles. The zero-order valence-electron chi connectivity index (χ0n) is 9.27. The number of nitrogens with one attached hydrogen (secondary N) is 1. The molecule has 1 fully saturated rings. The van der Waals surface area contributed by atoms with E-state index in [1.807, 2.05) is 4.90 Å². The second-order valence-electron chi connectivity index (χ2n) is 3.65. The molecule has 16 heavy (non-hydrogen) atoms. The lowest BCUT2D eigenvalue weighted by atomic mass is 10.2. The van der Waals surface area contributed by atoms with Gasteiger partial charge in [-0.05, 0) is 6.92 Å². The van der Waals surface area contributed by atoms with Crippen LogP contribution in [0.3, 0.4) is 0 Å². The molecule has 1 saturated heterocycles. The van der Waals surface area contributed by atoms with Crippen LogP contribution in [0.2, 0.25) is 0 Å². The zero-order chi connectivity index (χ0) is 11.3. The summed E-state index contributed by atoms with van der Waals surface area (Å²) in [5.41, 5.74) is 4.98. The highest BCUT2D eigenvalue weighted by Gasteiger charge is 2.19.